The van der Waals surface area contributed by atoms with Crippen LogP contribution >= 0.6 is 0 Å². The topological polar surface area (TPSA) is 48.5 Å². The maximum Gasteiger partial charge on any atom is 0.237 e. The first kappa shape index (κ1) is 15.9. The summed E-state index contributed by atoms with van der Waals surface area (Å²) in [4.78, 5) is 22.1. The summed E-state index contributed by atoms with van der Waals surface area (Å²) in [6, 6.07) is 6.40. The Morgan fingerprint density at radius 3 is 2.67 bits per heavy atom. The summed E-state index contributed by atoms with van der Waals surface area (Å²) in [6.45, 7) is 4.10. The van der Waals surface area contributed by atoms with E-state index in [2.05, 4.69) is 26.2 Å². The van der Waals surface area contributed by atoms with Crippen molar-refractivity contribution in [2.75, 3.05) is 31.1 Å². The first-order valence-corrected chi connectivity index (χ1v) is 9.51. The number of anilines is 1. The molecule has 0 unspecified atom stereocenters. The molecule has 0 radical (unpaired) electrons. The van der Waals surface area contributed by atoms with Crippen LogP contribution in [0.4, 0.5) is 5.82 Å². The lowest BCUT2D eigenvalue weighted by Crippen LogP contribution is -2.54. The Kier molecular flexibility index (Phi) is 4.69. The van der Waals surface area contributed by atoms with Crippen molar-refractivity contribution < 1.29 is 4.79 Å². The van der Waals surface area contributed by atoms with Gasteiger partial charge in [-0.1, -0.05) is 6.07 Å². The van der Waals surface area contributed by atoms with E-state index in [0.717, 1.165) is 44.8 Å². The van der Waals surface area contributed by atoms with Gasteiger partial charge in [-0.2, -0.15) is 0 Å². The Morgan fingerprint density at radius 2 is 1.96 bits per heavy atom. The molecule has 1 saturated carbocycles. The summed E-state index contributed by atoms with van der Waals surface area (Å²) in [5.41, 5.74) is 0. The SMILES string of the molecule is O=C(N[C@H]1CCCN(c2ccccn2)C1)[C@H](C1CC1)N1CCCC1. The first-order valence-electron chi connectivity index (χ1n) is 9.51. The van der Waals surface area contributed by atoms with Gasteiger partial charge < -0.3 is 10.2 Å². The van der Waals surface area contributed by atoms with Crippen LogP contribution < -0.4 is 10.2 Å². The Hall–Kier alpha value is -1.62. The lowest BCUT2D eigenvalue weighted by Gasteiger charge is -2.35. The Labute approximate surface area is 144 Å². The molecule has 1 amide bonds. The molecule has 1 aromatic rings. The summed E-state index contributed by atoms with van der Waals surface area (Å²) in [5, 5.41) is 3.37. The molecule has 2 atom stereocenters. The van der Waals surface area contributed by atoms with Crippen molar-refractivity contribution in [3.63, 3.8) is 0 Å². The summed E-state index contributed by atoms with van der Waals surface area (Å²) >= 11 is 0. The normalized spacial score (nSPS) is 26.3. The molecule has 3 aliphatic rings. The molecular formula is C19H28N4O. The minimum absolute atomic E-state index is 0.123. The molecule has 2 saturated heterocycles. The van der Waals surface area contributed by atoms with Crippen LogP contribution in [0, 0.1) is 5.92 Å². The fraction of sp³-hybridized carbons (Fsp3) is 0.684. The number of rotatable bonds is 5. The third-order valence-corrected chi connectivity index (χ3v) is 5.61. The zero-order valence-electron chi connectivity index (χ0n) is 14.4. The maximum atomic E-state index is 12.9. The Morgan fingerprint density at radius 1 is 1.12 bits per heavy atom. The predicted octanol–water partition coefficient (Wildman–Crippen LogP) is 2.04. The predicted molar refractivity (Wildman–Crippen MR) is 94.9 cm³/mol. The van der Waals surface area contributed by atoms with E-state index in [1.807, 2.05) is 18.3 Å². The quantitative estimate of drug-likeness (QED) is 0.899. The molecule has 0 aromatic carbocycles. The van der Waals surface area contributed by atoms with Crippen LogP contribution in [0.25, 0.3) is 0 Å². The van der Waals surface area contributed by atoms with Crippen LogP contribution in [0.1, 0.15) is 38.5 Å². The van der Waals surface area contributed by atoms with Crippen molar-refractivity contribution in [1.29, 1.82) is 0 Å². The van der Waals surface area contributed by atoms with E-state index in [1.54, 1.807) is 0 Å². The van der Waals surface area contributed by atoms with Crippen molar-refractivity contribution in [2.24, 2.45) is 5.92 Å². The van der Waals surface area contributed by atoms with Gasteiger partial charge in [0.05, 0.1) is 6.04 Å². The second-order valence-electron chi connectivity index (χ2n) is 7.51. The monoisotopic (exact) mass is 328 g/mol. The average molecular weight is 328 g/mol. The highest BCUT2D eigenvalue weighted by atomic mass is 16.2. The van der Waals surface area contributed by atoms with Gasteiger partial charge in [0, 0.05) is 25.3 Å². The number of piperidine rings is 1. The number of hydrogen-bond acceptors (Lipinski definition) is 4. The Balaban J connectivity index is 1.37. The molecule has 0 bridgehead atoms. The summed E-state index contributed by atoms with van der Waals surface area (Å²) in [6.07, 6.45) is 8.96. The van der Waals surface area contributed by atoms with E-state index < -0.39 is 0 Å². The van der Waals surface area contributed by atoms with E-state index in [1.165, 1.54) is 25.7 Å². The highest BCUT2D eigenvalue weighted by Crippen LogP contribution is 2.36. The summed E-state index contributed by atoms with van der Waals surface area (Å²) in [7, 11) is 0. The number of carbonyl (C=O) groups excluding carboxylic acids is 1. The molecule has 130 valence electrons. The molecule has 0 spiro atoms. The van der Waals surface area contributed by atoms with Crippen LogP contribution in [-0.2, 0) is 4.79 Å². The second kappa shape index (κ2) is 7.09. The Bertz CT molecular complexity index is 554. The summed E-state index contributed by atoms with van der Waals surface area (Å²) < 4.78 is 0. The zero-order valence-corrected chi connectivity index (χ0v) is 14.4. The lowest BCUT2D eigenvalue weighted by molar-refractivity contribution is -0.127. The molecule has 5 nitrogen and oxygen atoms in total. The minimum Gasteiger partial charge on any atom is -0.355 e. The first-order chi connectivity index (χ1) is 11.8. The molecule has 24 heavy (non-hydrogen) atoms. The molecule has 3 heterocycles. The van der Waals surface area contributed by atoms with Crippen LogP contribution in [0.2, 0.25) is 0 Å². The highest BCUT2D eigenvalue weighted by Gasteiger charge is 2.41. The van der Waals surface area contributed by atoms with Crippen LogP contribution in [-0.4, -0.2) is 54.1 Å². The molecule has 1 N–H and O–H groups in total. The lowest BCUT2D eigenvalue weighted by atomic mass is 10.0. The van der Waals surface area contributed by atoms with Gasteiger partial charge in [0.15, 0.2) is 0 Å². The number of carbonyl (C=O) groups is 1. The van der Waals surface area contributed by atoms with E-state index in [4.69, 9.17) is 0 Å². The van der Waals surface area contributed by atoms with Crippen molar-refractivity contribution in [3.8, 4) is 0 Å². The van der Waals surface area contributed by atoms with Crippen molar-refractivity contribution >= 4 is 11.7 Å². The van der Waals surface area contributed by atoms with Gasteiger partial charge in [-0.05, 0) is 69.7 Å². The van der Waals surface area contributed by atoms with Gasteiger partial charge in [0.2, 0.25) is 5.91 Å². The molecule has 5 heteroatoms. The number of aromatic nitrogens is 1. The van der Waals surface area contributed by atoms with E-state index in [9.17, 15) is 4.79 Å². The maximum absolute atomic E-state index is 12.9. The largest absolute Gasteiger partial charge is 0.355 e. The van der Waals surface area contributed by atoms with E-state index in [0.29, 0.717) is 5.92 Å². The highest BCUT2D eigenvalue weighted by molar-refractivity contribution is 5.83. The van der Waals surface area contributed by atoms with Crippen molar-refractivity contribution in [3.05, 3.63) is 24.4 Å². The van der Waals surface area contributed by atoms with Gasteiger partial charge in [-0.15, -0.1) is 0 Å². The van der Waals surface area contributed by atoms with Crippen LogP contribution in [0.5, 0.6) is 0 Å². The van der Waals surface area contributed by atoms with Crippen molar-refractivity contribution in [2.45, 2.75) is 50.6 Å². The van der Waals surface area contributed by atoms with E-state index in [-0.39, 0.29) is 18.0 Å². The number of nitrogens with one attached hydrogen (secondary N) is 1. The van der Waals surface area contributed by atoms with Crippen molar-refractivity contribution in [1.82, 2.24) is 15.2 Å². The number of pyridine rings is 1. The zero-order chi connectivity index (χ0) is 16.4. The molecule has 2 aliphatic heterocycles. The molecule has 1 aliphatic carbocycles. The third-order valence-electron chi connectivity index (χ3n) is 5.61. The van der Waals surface area contributed by atoms with Gasteiger partial charge >= 0.3 is 0 Å². The minimum atomic E-state index is 0.123. The number of nitrogens with zero attached hydrogens (tertiary/aromatic N) is 3. The van der Waals surface area contributed by atoms with Crippen LogP contribution in [0.3, 0.4) is 0 Å². The third kappa shape index (κ3) is 3.56. The number of hydrogen-bond donors (Lipinski definition) is 1. The summed E-state index contributed by atoms with van der Waals surface area (Å²) in [5.74, 6) is 1.89. The molecule has 3 fully saturated rings. The second-order valence-corrected chi connectivity index (χ2v) is 7.51. The smallest absolute Gasteiger partial charge is 0.237 e. The van der Waals surface area contributed by atoms with Gasteiger partial charge in [-0.25, -0.2) is 4.98 Å². The number of amides is 1. The van der Waals surface area contributed by atoms with Gasteiger partial charge in [0.1, 0.15) is 5.82 Å². The fourth-order valence-corrected chi connectivity index (χ4v) is 4.24. The standard InChI is InChI=1S/C19H28N4O/c24-19(18(15-8-9-15)22-11-3-4-12-22)21-16-6-5-13-23(14-16)17-7-1-2-10-20-17/h1-2,7,10,15-16,18H,3-6,8-9,11-14H2,(H,21,24)/t16-,18-/m0/s1. The molecular weight excluding hydrogens is 300 g/mol. The fourth-order valence-electron chi connectivity index (χ4n) is 4.24. The number of likely N-dealkylation sites (tertiary alicyclic amines) is 1. The van der Waals surface area contributed by atoms with Gasteiger partial charge in [-0.3, -0.25) is 9.69 Å². The molecule has 4 rings (SSSR count). The molecule has 1 aromatic heterocycles. The average Bonchev–Trinajstić information content (AvgIpc) is 3.30. The van der Waals surface area contributed by atoms with Gasteiger partial charge in [0.25, 0.3) is 0 Å². The van der Waals surface area contributed by atoms with E-state index >= 15 is 0 Å². The van der Waals surface area contributed by atoms with Crippen LogP contribution in [0.15, 0.2) is 24.4 Å².